The Morgan fingerprint density at radius 1 is 0.769 bits per heavy atom. The topological polar surface area (TPSA) is 58.6 Å². The molecule has 5 heteroatoms. The van der Waals surface area contributed by atoms with Gasteiger partial charge < -0.3 is 19.7 Å². The molecule has 4 nitrogen and oxygen atoms in total. The third kappa shape index (κ3) is 17.5. The summed E-state index contributed by atoms with van der Waals surface area (Å²) in [6.45, 7) is 6.23. The van der Waals surface area contributed by atoms with E-state index in [9.17, 15) is 4.57 Å². The summed E-state index contributed by atoms with van der Waals surface area (Å²) in [4.78, 5) is 0. The van der Waals surface area contributed by atoms with Gasteiger partial charge in [0.2, 0.25) is 0 Å². The quantitative estimate of drug-likeness (QED) is 0.197. The van der Waals surface area contributed by atoms with E-state index in [1.165, 1.54) is 64.2 Å². The van der Waals surface area contributed by atoms with Crippen molar-refractivity contribution < 1.29 is 14.4 Å². The summed E-state index contributed by atoms with van der Waals surface area (Å²) in [6, 6.07) is 0. The van der Waals surface area contributed by atoms with Crippen LogP contribution in [0, 0.1) is 0 Å². The van der Waals surface area contributed by atoms with Gasteiger partial charge in [0.25, 0.3) is 0 Å². The van der Waals surface area contributed by atoms with E-state index in [4.69, 9.17) is 9.84 Å². The molecule has 0 aliphatic carbocycles. The fraction of sp³-hybridized carbons (Fsp3) is 1.00. The third-order valence-electron chi connectivity index (χ3n) is 4.90. The van der Waals surface area contributed by atoms with Gasteiger partial charge in [0.15, 0.2) is 0 Å². The number of aliphatic hydroxyl groups is 1. The van der Waals surface area contributed by atoms with Crippen molar-refractivity contribution in [2.45, 2.75) is 90.9 Å². The second-order valence-corrected chi connectivity index (χ2v) is 10.9. The zero-order chi connectivity index (χ0) is 19.3. The first kappa shape index (κ1) is 26.1. The van der Waals surface area contributed by atoms with E-state index in [2.05, 4.69) is 19.2 Å². The van der Waals surface area contributed by atoms with Crippen LogP contribution >= 0.6 is 7.14 Å². The van der Waals surface area contributed by atoms with Crippen LogP contribution in [0.5, 0.6) is 0 Å². The summed E-state index contributed by atoms with van der Waals surface area (Å²) in [7, 11) is -2.10. The molecular weight excluding hydrogens is 345 g/mol. The molecule has 0 rings (SSSR count). The van der Waals surface area contributed by atoms with Crippen molar-refractivity contribution in [3.05, 3.63) is 0 Å². The molecular formula is C21H46NO3P. The Kier molecular flexibility index (Phi) is 19.9. The second-order valence-electron chi connectivity index (χ2n) is 7.53. The summed E-state index contributed by atoms with van der Waals surface area (Å²) >= 11 is 0. The lowest BCUT2D eigenvalue weighted by molar-refractivity contribution is 0.0945. The van der Waals surface area contributed by atoms with Crippen LogP contribution in [0.2, 0.25) is 0 Å². The molecule has 0 spiro atoms. The lowest BCUT2D eigenvalue weighted by Gasteiger charge is -2.19. The molecule has 26 heavy (non-hydrogen) atoms. The molecule has 0 aliphatic rings. The summed E-state index contributed by atoms with van der Waals surface area (Å²) in [5, 5.41) is 12.0. The highest BCUT2D eigenvalue weighted by molar-refractivity contribution is 7.63. The zero-order valence-electron chi connectivity index (χ0n) is 17.6. The van der Waals surface area contributed by atoms with Crippen molar-refractivity contribution in [1.29, 1.82) is 0 Å². The molecule has 0 aromatic rings. The Bertz CT molecular complexity index is 279. The van der Waals surface area contributed by atoms with Gasteiger partial charge in [-0.2, -0.15) is 0 Å². The Balaban J connectivity index is 4.04. The molecule has 0 aliphatic heterocycles. The minimum atomic E-state index is -2.10. The lowest BCUT2D eigenvalue weighted by Crippen LogP contribution is -2.23. The minimum Gasteiger partial charge on any atom is -0.394 e. The molecule has 0 aromatic carbocycles. The van der Waals surface area contributed by atoms with Gasteiger partial charge in [0, 0.05) is 25.2 Å². The predicted molar refractivity (Wildman–Crippen MR) is 115 cm³/mol. The first-order chi connectivity index (χ1) is 12.7. The average Bonchev–Trinajstić information content (AvgIpc) is 2.64. The smallest absolute Gasteiger partial charge is 0.101 e. The first-order valence-electron chi connectivity index (χ1n) is 11.1. The van der Waals surface area contributed by atoms with Gasteiger partial charge in [-0.15, -0.1) is 0 Å². The maximum absolute atomic E-state index is 13.3. The van der Waals surface area contributed by atoms with Crippen molar-refractivity contribution in [2.75, 3.05) is 45.0 Å². The summed E-state index contributed by atoms with van der Waals surface area (Å²) < 4.78 is 18.6. The molecule has 0 saturated carbocycles. The number of unbranched alkanes of at least 4 members (excludes halogenated alkanes) is 10. The molecule has 0 fully saturated rings. The number of rotatable bonds is 21. The van der Waals surface area contributed by atoms with E-state index in [1.807, 2.05) is 0 Å². The van der Waals surface area contributed by atoms with Crippen LogP contribution in [-0.4, -0.2) is 50.1 Å². The summed E-state index contributed by atoms with van der Waals surface area (Å²) in [5.74, 6) is 0. The van der Waals surface area contributed by atoms with E-state index < -0.39 is 7.14 Å². The van der Waals surface area contributed by atoms with Gasteiger partial charge in [0.05, 0.1) is 19.8 Å². The monoisotopic (exact) mass is 391 g/mol. The molecule has 0 heterocycles. The molecule has 158 valence electrons. The van der Waals surface area contributed by atoms with Crippen molar-refractivity contribution in [1.82, 2.24) is 5.32 Å². The van der Waals surface area contributed by atoms with Crippen LogP contribution in [0.3, 0.4) is 0 Å². The maximum atomic E-state index is 13.3. The molecule has 0 aromatic heterocycles. The molecule has 0 unspecified atom stereocenters. The number of hydrogen-bond donors (Lipinski definition) is 2. The van der Waals surface area contributed by atoms with Gasteiger partial charge in [-0.1, -0.05) is 78.1 Å². The van der Waals surface area contributed by atoms with Crippen LogP contribution in [0.1, 0.15) is 90.9 Å². The standard InChI is InChI=1S/C21H46NO3P/c1-3-5-7-9-11-13-19-26(24,20-14-12-10-8-6-4-2)21-22-15-17-25-18-16-23/h22-23H,3-21H2,1-2H3. The highest BCUT2D eigenvalue weighted by atomic mass is 31.2. The van der Waals surface area contributed by atoms with Gasteiger partial charge in [-0.05, 0) is 12.8 Å². The number of aliphatic hydroxyl groups excluding tert-OH is 1. The van der Waals surface area contributed by atoms with Crippen LogP contribution < -0.4 is 5.32 Å². The fourth-order valence-electron chi connectivity index (χ4n) is 3.22. The van der Waals surface area contributed by atoms with Crippen molar-refractivity contribution >= 4 is 7.14 Å². The molecule has 0 amide bonds. The van der Waals surface area contributed by atoms with Gasteiger partial charge in [-0.25, -0.2) is 0 Å². The average molecular weight is 392 g/mol. The normalized spacial score (nSPS) is 12.0. The largest absolute Gasteiger partial charge is 0.394 e. The van der Waals surface area contributed by atoms with Crippen molar-refractivity contribution in [3.63, 3.8) is 0 Å². The molecule has 0 bridgehead atoms. The predicted octanol–water partition coefficient (Wildman–Crippen LogP) is 5.63. The fourth-order valence-corrected chi connectivity index (χ4v) is 5.93. The van der Waals surface area contributed by atoms with Gasteiger partial charge in [-0.3, -0.25) is 0 Å². The molecule has 0 saturated heterocycles. The highest BCUT2D eigenvalue weighted by Crippen LogP contribution is 2.46. The minimum absolute atomic E-state index is 0.0640. The third-order valence-corrected chi connectivity index (χ3v) is 7.96. The van der Waals surface area contributed by atoms with E-state index in [0.29, 0.717) is 19.5 Å². The SMILES string of the molecule is CCCCCCCCP(=O)(CCCCCCCC)CNCCOCCO. The second kappa shape index (κ2) is 19.9. The van der Waals surface area contributed by atoms with Crippen molar-refractivity contribution in [3.8, 4) is 0 Å². The zero-order valence-corrected chi connectivity index (χ0v) is 18.5. The molecule has 2 N–H and O–H groups in total. The van der Waals surface area contributed by atoms with E-state index in [0.717, 1.165) is 31.7 Å². The first-order valence-corrected chi connectivity index (χ1v) is 13.4. The summed E-state index contributed by atoms with van der Waals surface area (Å²) in [5.41, 5.74) is 0. The Hall–Kier alpha value is 0.110. The van der Waals surface area contributed by atoms with E-state index in [-0.39, 0.29) is 6.61 Å². The molecule has 0 atom stereocenters. The van der Waals surface area contributed by atoms with E-state index in [1.54, 1.807) is 0 Å². The number of ether oxygens (including phenoxy) is 1. The van der Waals surface area contributed by atoms with Crippen molar-refractivity contribution in [2.24, 2.45) is 0 Å². The van der Waals surface area contributed by atoms with Crippen LogP contribution in [0.15, 0.2) is 0 Å². The van der Waals surface area contributed by atoms with E-state index >= 15 is 0 Å². The van der Waals surface area contributed by atoms with Crippen LogP contribution in [0.4, 0.5) is 0 Å². The molecule has 0 radical (unpaired) electrons. The van der Waals surface area contributed by atoms with Crippen LogP contribution in [-0.2, 0) is 9.30 Å². The number of nitrogens with one attached hydrogen (secondary N) is 1. The highest BCUT2D eigenvalue weighted by Gasteiger charge is 2.20. The lowest BCUT2D eigenvalue weighted by atomic mass is 10.1. The number of hydrogen-bond acceptors (Lipinski definition) is 4. The Labute approximate surface area is 163 Å². The maximum Gasteiger partial charge on any atom is 0.101 e. The Morgan fingerprint density at radius 3 is 1.77 bits per heavy atom. The van der Waals surface area contributed by atoms with Gasteiger partial charge >= 0.3 is 0 Å². The Morgan fingerprint density at radius 2 is 1.27 bits per heavy atom. The summed E-state index contributed by atoms with van der Waals surface area (Å²) in [6.07, 6.45) is 17.5. The van der Waals surface area contributed by atoms with Gasteiger partial charge in [0.1, 0.15) is 7.14 Å². The van der Waals surface area contributed by atoms with Crippen LogP contribution in [0.25, 0.3) is 0 Å².